The van der Waals surface area contributed by atoms with Crippen LogP contribution >= 0.6 is 0 Å². The van der Waals surface area contributed by atoms with E-state index in [-0.39, 0.29) is 29.9 Å². The first kappa shape index (κ1) is 21.2. The summed E-state index contributed by atoms with van der Waals surface area (Å²) in [5.41, 5.74) is 2.66. The standard InChI is InChI=1S/C24H25FN6O3/c25-18-11-27-19-2-4-22(33)31-16(9-17(18)23(19)31)12-30-7-5-14(6-8-30)26-10-15-1-3-20-24(28-15)29-21(32)13-34-20/h1-4,11,14,16,26H,5-10,12-13H2,(H,28,29,32). The number of ether oxygens (including phenoxy) is 1. The molecule has 3 aromatic heterocycles. The summed E-state index contributed by atoms with van der Waals surface area (Å²) in [7, 11) is 0. The lowest BCUT2D eigenvalue weighted by Crippen LogP contribution is -2.44. The van der Waals surface area contributed by atoms with Crippen molar-refractivity contribution in [1.29, 1.82) is 0 Å². The molecule has 9 nitrogen and oxygen atoms in total. The molecule has 3 aromatic rings. The monoisotopic (exact) mass is 464 g/mol. The van der Waals surface area contributed by atoms with Crippen LogP contribution in [0.1, 0.15) is 30.1 Å². The molecule has 176 valence electrons. The third kappa shape index (κ3) is 3.82. The Morgan fingerprint density at radius 2 is 2.03 bits per heavy atom. The van der Waals surface area contributed by atoms with Crippen LogP contribution in [0.2, 0.25) is 0 Å². The minimum Gasteiger partial charge on any atom is -0.480 e. The summed E-state index contributed by atoms with van der Waals surface area (Å²) in [6.45, 7) is 3.14. The molecule has 1 atom stereocenters. The Bertz CT molecular complexity index is 1330. The van der Waals surface area contributed by atoms with Gasteiger partial charge in [0.15, 0.2) is 18.2 Å². The van der Waals surface area contributed by atoms with Gasteiger partial charge in [-0.15, -0.1) is 0 Å². The van der Waals surface area contributed by atoms with Gasteiger partial charge in [-0.1, -0.05) is 0 Å². The van der Waals surface area contributed by atoms with Gasteiger partial charge in [0, 0.05) is 30.8 Å². The second kappa shape index (κ2) is 8.44. The number of aromatic nitrogens is 3. The zero-order valence-corrected chi connectivity index (χ0v) is 18.6. The fourth-order valence-electron chi connectivity index (χ4n) is 5.26. The van der Waals surface area contributed by atoms with E-state index < -0.39 is 0 Å². The van der Waals surface area contributed by atoms with Crippen molar-refractivity contribution in [3.8, 4) is 5.75 Å². The number of carbonyl (C=O) groups excluding carboxylic acids is 1. The summed E-state index contributed by atoms with van der Waals surface area (Å²) in [5.74, 6) is 0.538. The Morgan fingerprint density at radius 3 is 2.88 bits per heavy atom. The summed E-state index contributed by atoms with van der Waals surface area (Å²) in [6, 6.07) is 7.22. The summed E-state index contributed by atoms with van der Waals surface area (Å²) in [5, 5.41) is 6.30. The van der Waals surface area contributed by atoms with E-state index in [1.165, 1.54) is 12.3 Å². The third-order valence-electron chi connectivity index (χ3n) is 6.96. The van der Waals surface area contributed by atoms with Crippen molar-refractivity contribution < 1.29 is 13.9 Å². The van der Waals surface area contributed by atoms with Gasteiger partial charge in [0.1, 0.15) is 5.82 Å². The van der Waals surface area contributed by atoms with Crippen LogP contribution in [-0.2, 0) is 17.8 Å². The molecule has 0 saturated carbocycles. The highest BCUT2D eigenvalue weighted by atomic mass is 19.1. The molecule has 0 radical (unpaired) electrons. The van der Waals surface area contributed by atoms with Crippen LogP contribution in [-0.4, -0.2) is 57.6 Å². The van der Waals surface area contributed by atoms with Crippen LogP contribution in [0.3, 0.4) is 0 Å². The first-order valence-corrected chi connectivity index (χ1v) is 11.6. The van der Waals surface area contributed by atoms with Gasteiger partial charge in [-0.05, 0) is 50.6 Å². The number of likely N-dealkylation sites (tertiary alicyclic amines) is 1. The Balaban J connectivity index is 1.06. The number of carbonyl (C=O) groups is 1. The van der Waals surface area contributed by atoms with Crippen molar-refractivity contribution in [1.82, 2.24) is 24.8 Å². The average Bonchev–Trinajstić information content (AvgIpc) is 3.23. The Kier molecular flexibility index (Phi) is 5.26. The van der Waals surface area contributed by atoms with Gasteiger partial charge in [0.05, 0.1) is 29.0 Å². The number of amides is 1. The summed E-state index contributed by atoms with van der Waals surface area (Å²) in [4.78, 5) is 35.1. The second-order valence-corrected chi connectivity index (χ2v) is 9.16. The summed E-state index contributed by atoms with van der Waals surface area (Å²) in [6.07, 6.45) is 3.72. The number of rotatable bonds is 5. The highest BCUT2D eigenvalue weighted by Crippen LogP contribution is 2.32. The van der Waals surface area contributed by atoms with Crippen molar-refractivity contribution in [3.05, 3.63) is 57.9 Å². The zero-order chi connectivity index (χ0) is 23.2. The lowest BCUT2D eigenvalue weighted by Gasteiger charge is -2.34. The molecular weight excluding hydrogens is 439 g/mol. The Morgan fingerprint density at radius 1 is 1.18 bits per heavy atom. The molecule has 1 unspecified atom stereocenters. The van der Waals surface area contributed by atoms with Crippen molar-refractivity contribution in [2.45, 2.75) is 37.9 Å². The van der Waals surface area contributed by atoms with Crippen molar-refractivity contribution in [2.75, 3.05) is 31.6 Å². The number of anilines is 1. The number of hydrogen-bond donors (Lipinski definition) is 2. The van der Waals surface area contributed by atoms with Crippen LogP contribution in [0, 0.1) is 5.82 Å². The van der Waals surface area contributed by atoms with Gasteiger partial charge in [0.2, 0.25) is 0 Å². The minimum absolute atomic E-state index is 0.0212. The molecular formula is C24H25FN6O3. The fraction of sp³-hybridized carbons (Fsp3) is 0.417. The Hall–Kier alpha value is -3.37. The number of hydrogen-bond acceptors (Lipinski definition) is 7. The van der Waals surface area contributed by atoms with Crippen LogP contribution in [0.5, 0.6) is 5.75 Å². The topological polar surface area (TPSA) is 101 Å². The van der Waals surface area contributed by atoms with E-state index in [1.54, 1.807) is 10.6 Å². The van der Waals surface area contributed by atoms with E-state index in [4.69, 9.17) is 4.74 Å². The lowest BCUT2D eigenvalue weighted by molar-refractivity contribution is -0.118. The summed E-state index contributed by atoms with van der Waals surface area (Å²) < 4.78 is 21.5. The molecule has 0 aliphatic carbocycles. The molecule has 6 heterocycles. The van der Waals surface area contributed by atoms with E-state index in [0.717, 1.165) is 31.6 Å². The number of fused-ring (bicyclic) bond motifs is 1. The predicted octanol–water partition coefficient (Wildman–Crippen LogP) is 1.61. The molecule has 34 heavy (non-hydrogen) atoms. The van der Waals surface area contributed by atoms with E-state index >= 15 is 0 Å². The predicted molar refractivity (Wildman–Crippen MR) is 123 cm³/mol. The maximum atomic E-state index is 14.4. The van der Waals surface area contributed by atoms with Gasteiger partial charge in [-0.25, -0.2) is 9.37 Å². The summed E-state index contributed by atoms with van der Waals surface area (Å²) >= 11 is 0. The smallest absolute Gasteiger partial charge is 0.263 e. The van der Waals surface area contributed by atoms with Crippen LogP contribution in [0.25, 0.3) is 11.0 Å². The average molecular weight is 465 g/mol. The van der Waals surface area contributed by atoms with Crippen molar-refractivity contribution >= 4 is 22.8 Å². The molecule has 1 fully saturated rings. The molecule has 3 aliphatic heterocycles. The molecule has 0 spiro atoms. The number of nitrogens with one attached hydrogen (secondary N) is 2. The first-order valence-electron chi connectivity index (χ1n) is 11.6. The van der Waals surface area contributed by atoms with Crippen molar-refractivity contribution in [2.24, 2.45) is 0 Å². The molecule has 0 aromatic carbocycles. The molecule has 2 N–H and O–H groups in total. The number of halogens is 1. The highest BCUT2D eigenvalue weighted by molar-refractivity contribution is 5.94. The van der Waals surface area contributed by atoms with Gasteiger partial charge < -0.3 is 24.8 Å². The maximum Gasteiger partial charge on any atom is 0.263 e. The van der Waals surface area contributed by atoms with E-state index in [0.29, 0.717) is 53.7 Å². The van der Waals surface area contributed by atoms with Crippen LogP contribution < -0.4 is 20.9 Å². The fourth-order valence-corrected chi connectivity index (χ4v) is 5.26. The lowest BCUT2D eigenvalue weighted by atomic mass is 10.0. The number of nitrogens with zero attached hydrogens (tertiary/aromatic N) is 4. The molecule has 1 saturated heterocycles. The van der Waals surface area contributed by atoms with Gasteiger partial charge in [-0.2, -0.15) is 0 Å². The van der Waals surface area contributed by atoms with Crippen LogP contribution in [0.4, 0.5) is 10.2 Å². The first-order chi connectivity index (χ1) is 16.5. The Labute approximate surface area is 194 Å². The van der Waals surface area contributed by atoms with Crippen LogP contribution in [0.15, 0.2) is 35.3 Å². The maximum absolute atomic E-state index is 14.4. The van der Waals surface area contributed by atoms with Crippen molar-refractivity contribution in [3.63, 3.8) is 0 Å². The third-order valence-corrected chi connectivity index (χ3v) is 6.96. The van der Waals surface area contributed by atoms with E-state index in [2.05, 4.69) is 25.5 Å². The molecule has 10 heteroatoms. The molecule has 6 rings (SSSR count). The molecule has 3 aliphatic rings. The van der Waals surface area contributed by atoms with E-state index in [9.17, 15) is 14.0 Å². The largest absolute Gasteiger partial charge is 0.480 e. The van der Waals surface area contributed by atoms with Gasteiger partial charge in [0.25, 0.3) is 11.5 Å². The zero-order valence-electron chi connectivity index (χ0n) is 18.6. The normalized spacial score (nSPS) is 20.3. The van der Waals surface area contributed by atoms with Gasteiger partial charge >= 0.3 is 0 Å². The van der Waals surface area contributed by atoms with E-state index in [1.807, 2.05) is 12.1 Å². The quantitative estimate of drug-likeness (QED) is 0.592. The highest BCUT2D eigenvalue weighted by Gasteiger charge is 2.31. The SMILES string of the molecule is O=C1COc2ccc(CNC3CCN(CC4Cc5c(F)cnc6ccc(=O)n4c56)CC3)nc2N1. The second-order valence-electron chi connectivity index (χ2n) is 9.16. The number of pyridine rings is 3. The number of piperidine rings is 1. The van der Waals surface area contributed by atoms with Gasteiger partial charge in [-0.3, -0.25) is 14.6 Å². The molecule has 0 bridgehead atoms. The minimum atomic E-state index is -0.334. The molecule has 1 amide bonds.